The monoisotopic (exact) mass is 313 g/mol. The van der Waals surface area contributed by atoms with Crippen molar-refractivity contribution in [3.63, 3.8) is 0 Å². The predicted molar refractivity (Wildman–Crippen MR) is 83.0 cm³/mol. The van der Waals surface area contributed by atoms with Crippen molar-refractivity contribution in [2.24, 2.45) is 5.92 Å². The van der Waals surface area contributed by atoms with Gasteiger partial charge in [0.1, 0.15) is 6.42 Å². The van der Waals surface area contributed by atoms with Gasteiger partial charge in [0.15, 0.2) is 0 Å². The maximum Gasteiger partial charge on any atom is 0.334 e. The van der Waals surface area contributed by atoms with Gasteiger partial charge in [-0.25, -0.2) is 4.79 Å². The number of carbonyl (C=O) groups is 3. The van der Waals surface area contributed by atoms with Crippen molar-refractivity contribution in [1.82, 2.24) is 5.32 Å². The highest BCUT2D eigenvalue weighted by molar-refractivity contribution is 5.94. The Morgan fingerprint density at radius 1 is 1.09 bits per heavy atom. The summed E-state index contributed by atoms with van der Waals surface area (Å²) in [5, 5.41) is 2.78. The average molecular weight is 313 g/mol. The summed E-state index contributed by atoms with van der Waals surface area (Å²) in [6, 6.07) is -0.252. The third kappa shape index (κ3) is 6.74. The highest BCUT2D eigenvalue weighted by Gasteiger charge is 2.26. The Balaban J connectivity index is 4.77. The SMILES string of the molecule is C/C=C(/C(=O)OCC)C(C)C(CC)NC(=O)CC(=O)OCC. The van der Waals surface area contributed by atoms with E-state index < -0.39 is 11.9 Å². The second-order valence-electron chi connectivity index (χ2n) is 4.82. The fraction of sp³-hybridized carbons (Fsp3) is 0.688. The Morgan fingerprint density at radius 3 is 2.14 bits per heavy atom. The van der Waals surface area contributed by atoms with Crippen molar-refractivity contribution in [3.05, 3.63) is 11.6 Å². The number of rotatable bonds is 9. The molecule has 0 aliphatic carbocycles. The lowest BCUT2D eigenvalue weighted by molar-refractivity contribution is -0.146. The second kappa shape index (κ2) is 10.8. The van der Waals surface area contributed by atoms with Crippen molar-refractivity contribution in [2.75, 3.05) is 13.2 Å². The molecule has 1 N–H and O–H groups in total. The lowest BCUT2D eigenvalue weighted by Gasteiger charge is -2.25. The summed E-state index contributed by atoms with van der Waals surface area (Å²) < 4.78 is 9.76. The van der Waals surface area contributed by atoms with E-state index in [1.54, 1.807) is 26.8 Å². The van der Waals surface area contributed by atoms with Gasteiger partial charge in [0.25, 0.3) is 0 Å². The summed E-state index contributed by atoms with van der Waals surface area (Å²) in [4.78, 5) is 35.1. The molecule has 0 saturated heterocycles. The van der Waals surface area contributed by atoms with E-state index in [-0.39, 0.29) is 31.0 Å². The molecular formula is C16H27NO5. The smallest absolute Gasteiger partial charge is 0.334 e. The largest absolute Gasteiger partial charge is 0.466 e. The second-order valence-corrected chi connectivity index (χ2v) is 4.82. The van der Waals surface area contributed by atoms with Crippen LogP contribution >= 0.6 is 0 Å². The molecule has 0 rings (SSSR count). The van der Waals surface area contributed by atoms with E-state index in [4.69, 9.17) is 9.47 Å². The number of esters is 2. The minimum absolute atomic E-state index is 0.208. The first-order valence-electron chi connectivity index (χ1n) is 7.69. The van der Waals surface area contributed by atoms with E-state index in [1.807, 2.05) is 13.8 Å². The summed E-state index contributed by atoms with van der Waals surface area (Å²) in [6.45, 7) is 9.49. The quantitative estimate of drug-likeness (QED) is 0.400. The summed E-state index contributed by atoms with van der Waals surface area (Å²) in [6.07, 6.45) is 2.01. The maximum absolute atomic E-state index is 11.9. The van der Waals surface area contributed by atoms with Crippen molar-refractivity contribution in [3.8, 4) is 0 Å². The first-order valence-corrected chi connectivity index (χ1v) is 7.69. The Bertz CT molecular complexity index is 417. The number of carbonyl (C=O) groups excluding carboxylic acids is 3. The minimum atomic E-state index is -0.556. The van der Waals surface area contributed by atoms with Crippen LogP contribution in [-0.2, 0) is 23.9 Å². The molecule has 0 aromatic carbocycles. The average Bonchev–Trinajstić information content (AvgIpc) is 2.45. The molecule has 0 aliphatic heterocycles. The highest BCUT2D eigenvalue weighted by atomic mass is 16.5. The van der Waals surface area contributed by atoms with E-state index in [0.717, 1.165) is 0 Å². The summed E-state index contributed by atoms with van der Waals surface area (Å²) in [5.41, 5.74) is 0.519. The zero-order chi connectivity index (χ0) is 17.1. The van der Waals surface area contributed by atoms with E-state index in [1.165, 1.54) is 0 Å². The number of hydrogen-bond donors (Lipinski definition) is 1. The maximum atomic E-state index is 11.9. The topological polar surface area (TPSA) is 81.7 Å². The first-order chi connectivity index (χ1) is 10.4. The molecule has 0 radical (unpaired) electrons. The Kier molecular flexibility index (Phi) is 9.91. The fourth-order valence-corrected chi connectivity index (χ4v) is 2.18. The molecular weight excluding hydrogens is 286 g/mol. The van der Waals surface area contributed by atoms with Crippen LogP contribution in [0.4, 0.5) is 0 Å². The van der Waals surface area contributed by atoms with Crippen LogP contribution in [0.5, 0.6) is 0 Å². The predicted octanol–water partition coefficient (Wildman–Crippen LogP) is 1.98. The van der Waals surface area contributed by atoms with Crippen LogP contribution in [0.25, 0.3) is 0 Å². The highest BCUT2D eigenvalue weighted by Crippen LogP contribution is 2.19. The lowest BCUT2D eigenvalue weighted by Crippen LogP contribution is -2.41. The number of ether oxygens (including phenoxy) is 2. The Morgan fingerprint density at radius 2 is 1.68 bits per heavy atom. The van der Waals surface area contributed by atoms with Gasteiger partial charge in [0, 0.05) is 17.5 Å². The number of hydrogen-bond acceptors (Lipinski definition) is 5. The van der Waals surface area contributed by atoms with Crippen LogP contribution in [-0.4, -0.2) is 37.1 Å². The standard InChI is InChI=1S/C16H27NO5/c1-6-12(16(20)22-9-4)11(5)13(7-2)17-14(18)10-15(19)21-8-3/h6,11,13H,7-10H2,1-5H3,(H,17,18)/b12-6+. The van der Waals surface area contributed by atoms with Gasteiger partial charge < -0.3 is 14.8 Å². The molecule has 0 fully saturated rings. The van der Waals surface area contributed by atoms with Gasteiger partial charge in [-0.2, -0.15) is 0 Å². The fourth-order valence-electron chi connectivity index (χ4n) is 2.18. The van der Waals surface area contributed by atoms with E-state index >= 15 is 0 Å². The lowest BCUT2D eigenvalue weighted by atomic mass is 9.91. The van der Waals surface area contributed by atoms with Crippen LogP contribution in [0.2, 0.25) is 0 Å². The Labute approximate surface area is 132 Å². The molecule has 2 atom stereocenters. The Hall–Kier alpha value is -1.85. The minimum Gasteiger partial charge on any atom is -0.466 e. The normalized spacial score (nSPS) is 14.0. The van der Waals surface area contributed by atoms with Crippen LogP contribution in [0, 0.1) is 5.92 Å². The van der Waals surface area contributed by atoms with Crippen LogP contribution in [0.1, 0.15) is 47.5 Å². The molecule has 1 amide bonds. The molecule has 6 nitrogen and oxygen atoms in total. The molecule has 0 bridgehead atoms. The van der Waals surface area contributed by atoms with Crippen molar-refractivity contribution < 1.29 is 23.9 Å². The third-order valence-corrected chi connectivity index (χ3v) is 3.31. The zero-order valence-corrected chi connectivity index (χ0v) is 14.1. The van der Waals surface area contributed by atoms with E-state index in [0.29, 0.717) is 18.6 Å². The summed E-state index contributed by atoms with van der Waals surface area (Å²) in [7, 11) is 0. The molecule has 0 aromatic rings. The summed E-state index contributed by atoms with van der Waals surface area (Å²) in [5.74, 6) is -1.55. The van der Waals surface area contributed by atoms with Gasteiger partial charge in [-0.15, -0.1) is 0 Å². The van der Waals surface area contributed by atoms with Crippen molar-refractivity contribution >= 4 is 17.8 Å². The molecule has 2 unspecified atom stereocenters. The van der Waals surface area contributed by atoms with Crippen molar-refractivity contribution in [2.45, 2.75) is 53.5 Å². The molecule has 6 heteroatoms. The van der Waals surface area contributed by atoms with Crippen LogP contribution in [0.15, 0.2) is 11.6 Å². The molecule has 0 aliphatic rings. The molecule has 0 heterocycles. The van der Waals surface area contributed by atoms with Crippen molar-refractivity contribution in [1.29, 1.82) is 0 Å². The van der Waals surface area contributed by atoms with Gasteiger partial charge in [-0.05, 0) is 27.2 Å². The first kappa shape index (κ1) is 20.1. The molecule has 0 aromatic heterocycles. The van der Waals surface area contributed by atoms with Gasteiger partial charge in [-0.3, -0.25) is 9.59 Å². The van der Waals surface area contributed by atoms with Gasteiger partial charge in [0.05, 0.1) is 13.2 Å². The number of nitrogens with one attached hydrogen (secondary N) is 1. The van der Waals surface area contributed by atoms with Crippen LogP contribution in [0.3, 0.4) is 0 Å². The molecule has 0 saturated carbocycles. The van der Waals surface area contributed by atoms with E-state index in [9.17, 15) is 14.4 Å². The molecule has 126 valence electrons. The molecule has 22 heavy (non-hydrogen) atoms. The van der Waals surface area contributed by atoms with Gasteiger partial charge in [0.2, 0.25) is 5.91 Å². The van der Waals surface area contributed by atoms with Gasteiger partial charge in [-0.1, -0.05) is 19.9 Å². The number of allylic oxidation sites excluding steroid dienone is 1. The van der Waals surface area contributed by atoms with Crippen LogP contribution < -0.4 is 5.32 Å². The molecule has 0 spiro atoms. The third-order valence-electron chi connectivity index (χ3n) is 3.31. The summed E-state index contributed by atoms with van der Waals surface area (Å²) >= 11 is 0. The van der Waals surface area contributed by atoms with E-state index in [2.05, 4.69) is 5.32 Å². The zero-order valence-electron chi connectivity index (χ0n) is 14.1. The number of amides is 1. The van der Waals surface area contributed by atoms with Gasteiger partial charge >= 0.3 is 11.9 Å².